The van der Waals surface area contributed by atoms with Crippen LogP contribution in [0.4, 0.5) is 10.5 Å². The number of urea groups is 1. The number of carbonyl (C=O) groups excluding carboxylic acids is 1. The third kappa shape index (κ3) is 3.45. The maximum absolute atomic E-state index is 12.2. The van der Waals surface area contributed by atoms with E-state index in [1.807, 2.05) is 12.1 Å². The molecular weight excluding hydrogens is 268 g/mol. The summed E-state index contributed by atoms with van der Waals surface area (Å²) < 4.78 is 5.20. The molecule has 0 aromatic heterocycles. The van der Waals surface area contributed by atoms with Crippen LogP contribution in [0.3, 0.4) is 0 Å². The molecular formula is C15H22N4O2. The van der Waals surface area contributed by atoms with Crippen molar-refractivity contribution in [1.29, 1.82) is 5.41 Å². The number of nitrogens with two attached hydrogens (primary N) is 1. The third-order valence-corrected chi connectivity index (χ3v) is 3.93. The summed E-state index contributed by atoms with van der Waals surface area (Å²) in [6.07, 6.45) is 4.47. The summed E-state index contributed by atoms with van der Waals surface area (Å²) >= 11 is 0. The Balaban J connectivity index is 2.07. The Morgan fingerprint density at radius 2 is 1.95 bits per heavy atom. The Hall–Kier alpha value is -2.24. The molecule has 0 heterocycles. The minimum Gasteiger partial charge on any atom is -0.495 e. The van der Waals surface area contributed by atoms with Gasteiger partial charge in [0.2, 0.25) is 0 Å². The van der Waals surface area contributed by atoms with E-state index in [1.54, 1.807) is 19.2 Å². The van der Waals surface area contributed by atoms with Gasteiger partial charge in [-0.1, -0.05) is 31.4 Å². The van der Waals surface area contributed by atoms with Crippen LogP contribution in [0.15, 0.2) is 24.3 Å². The Labute approximate surface area is 124 Å². The standard InChI is InChI=1S/C15H22N4O2/c1-21-12-8-4-3-7-11(12)18-14(20)19-15(13(16)17)9-5-2-6-10-15/h3-4,7-8H,2,5-6,9-10H2,1H3,(H3,16,17)(H2,18,19,20). The van der Waals surface area contributed by atoms with Gasteiger partial charge in [-0.05, 0) is 25.0 Å². The summed E-state index contributed by atoms with van der Waals surface area (Å²) in [4.78, 5) is 12.2. The van der Waals surface area contributed by atoms with Gasteiger partial charge in [0.05, 0.1) is 18.3 Å². The smallest absolute Gasteiger partial charge is 0.320 e. The number of methoxy groups -OCH3 is 1. The fourth-order valence-electron chi connectivity index (χ4n) is 2.74. The van der Waals surface area contributed by atoms with E-state index in [0.717, 1.165) is 19.3 Å². The van der Waals surface area contributed by atoms with Crippen LogP contribution in [0.25, 0.3) is 0 Å². The van der Waals surface area contributed by atoms with Gasteiger partial charge in [-0.2, -0.15) is 0 Å². The molecule has 0 unspecified atom stereocenters. The van der Waals surface area contributed by atoms with Crippen molar-refractivity contribution in [3.8, 4) is 5.75 Å². The van der Waals surface area contributed by atoms with Crippen LogP contribution in [-0.2, 0) is 0 Å². The zero-order valence-corrected chi connectivity index (χ0v) is 12.2. The monoisotopic (exact) mass is 290 g/mol. The minimum absolute atomic E-state index is 0.0253. The van der Waals surface area contributed by atoms with Crippen LogP contribution in [0.5, 0.6) is 5.75 Å². The minimum atomic E-state index is -0.718. The molecule has 1 aromatic rings. The number of rotatable bonds is 4. The van der Waals surface area contributed by atoms with Crippen LogP contribution in [0.2, 0.25) is 0 Å². The van der Waals surface area contributed by atoms with E-state index < -0.39 is 5.54 Å². The van der Waals surface area contributed by atoms with E-state index >= 15 is 0 Å². The Bertz CT molecular complexity index is 524. The quantitative estimate of drug-likeness (QED) is 0.506. The number of carbonyl (C=O) groups is 1. The molecule has 0 radical (unpaired) electrons. The molecule has 114 valence electrons. The first-order chi connectivity index (χ1) is 10.1. The van der Waals surface area contributed by atoms with Gasteiger partial charge in [0.15, 0.2) is 0 Å². The average Bonchev–Trinajstić information content (AvgIpc) is 2.48. The second kappa shape index (κ2) is 6.47. The van der Waals surface area contributed by atoms with Crippen LogP contribution in [-0.4, -0.2) is 24.5 Å². The first-order valence-corrected chi connectivity index (χ1v) is 7.14. The zero-order chi connectivity index (χ0) is 15.3. The van der Waals surface area contributed by atoms with Crippen LogP contribution in [0, 0.1) is 5.41 Å². The van der Waals surface area contributed by atoms with E-state index in [1.165, 1.54) is 0 Å². The molecule has 0 saturated heterocycles. The molecule has 6 nitrogen and oxygen atoms in total. The molecule has 1 aliphatic carbocycles. The van der Waals surface area contributed by atoms with Crippen molar-refractivity contribution in [1.82, 2.24) is 5.32 Å². The van der Waals surface area contributed by atoms with Crippen molar-refractivity contribution < 1.29 is 9.53 Å². The molecule has 1 aromatic carbocycles. The van der Waals surface area contributed by atoms with E-state index in [4.69, 9.17) is 15.9 Å². The van der Waals surface area contributed by atoms with Gasteiger partial charge >= 0.3 is 6.03 Å². The molecule has 6 heteroatoms. The summed E-state index contributed by atoms with van der Waals surface area (Å²) in [6, 6.07) is 6.83. The van der Waals surface area contributed by atoms with Gasteiger partial charge in [-0.3, -0.25) is 5.41 Å². The SMILES string of the molecule is COc1ccccc1NC(=O)NC1(C(=N)N)CCCCC1. The molecule has 2 rings (SSSR count). The van der Waals surface area contributed by atoms with Gasteiger partial charge < -0.3 is 21.1 Å². The predicted molar refractivity (Wildman–Crippen MR) is 82.9 cm³/mol. The highest BCUT2D eigenvalue weighted by molar-refractivity contribution is 5.97. The third-order valence-electron chi connectivity index (χ3n) is 3.93. The molecule has 1 fully saturated rings. The maximum atomic E-state index is 12.2. The molecule has 0 spiro atoms. The van der Waals surface area contributed by atoms with Crippen molar-refractivity contribution in [2.24, 2.45) is 5.73 Å². The average molecular weight is 290 g/mol. The lowest BCUT2D eigenvalue weighted by atomic mass is 9.81. The summed E-state index contributed by atoms with van der Waals surface area (Å²) in [5.41, 5.74) is 5.59. The number of benzene rings is 1. The van der Waals surface area contributed by atoms with Crippen molar-refractivity contribution in [3.05, 3.63) is 24.3 Å². The molecule has 0 bridgehead atoms. The summed E-state index contributed by atoms with van der Waals surface area (Å²) in [7, 11) is 1.55. The van der Waals surface area contributed by atoms with Crippen LogP contribution in [0.1, 0.15) is 32.1 Å². The molecule has 0 aliphatic heterocycles. The van der Waals surface area contributed by atoms with Crippen molar-refractivity contribution >= 4 is 17.6 Å². The molecule has 21 heavy (non-hydrogen) atoms. The van der Waals surface area contributed by atoms with E-state index in [2.05, 4.69) is 10.6 Å². The zero-order valence-electron chi connectivity index (χ0n) is 12.2. The summed E-state index contributed by atoms with van der Waals surface area (Å²) in [5.74, 6) is 0.616. The van der Waals surface area contributed by atoms with E-state index in [0.29, 0.717) is 24.3 Å². The molecule has 2 amide bonds. The second-order valence-electron chi connectivity index (χ2n) is 5.34. The highest BCUT2D eigenvalue weighted by Crippen LogP contribution is 2.29. The molecule has 1 saturated carbocycles. The number of hydrogen-bond acceptors (Lipinski definition) is 3. The topological polar surface area (TPSA) is 100 Å². The van der Waals surface area contributed by atoms with Gasteiger partial charge in [-0.15, -0.1) is 0 Å². The predicted octanol–water partition coefficient (Wildman–Crippen LogP) is 2.46. The fourth-order valence-corrected chi connectivity index (χ4v) is 2.74. The van der Waals surface area contributed by atoms with E-state index in [9.17, 15) is 4.79 Å². The van der Waals surface area contributed by atoms with Gasteiger partial charge in [0, 0.05) is 0 Å². The van der Waals surface area contributed by atoms with E-state index in [-0.39, 0.29) is 11.9 Å². The van der Waals surface area contributed by atoms with Gasteiger partial charge in [0.1, 0.15) is 11.6 Å². The Kier molecular flexibility index (Phi) is 4.67. The molecule has 0 atom stereocenters. The highest BCUT2D eigenvalue weighted by atomic mass is 16.5. The largest absolute Gasteiger partial charge is 0.495 e. The molecule has 5 N–H and O–H groups in total. The number of ether oxygens (including phenoxy) is 1. The number of hydrogen-bond donors (Lipinski definition) is 4. The number of amidine groups is 1. The number of nitrogens with one attached hydrogen (secondary N) is 3. The van der Waals surface area contributed by atoms with Gasteiger partial charge in [-0.25, -0.2) is 4.79 Å². The van der Waals surface area contributed by atoms with Crippen molar-refractivity contribution in [2.75, 3.05) is 12.4 Å². The first-order valence-electron chi connectivity index (χ1n) is 7.14. The number of amides is 2. The maximum Gasteiger partial charge on any atom is 0.320 e. The highest BCUT2D eigenvalue weighted by Gasteiger charge is 2.36. The van der Waals surface area contributed by atoms with Crippen molar-refractivity contribution in [2.45, 2.75) is 37.6 Å². The van der Waals surface area contributed by atoms with Gasteiger partial charge in [0.25, 0.3) is 0 Å². The number of anilines is 1. The molecule has 1 aliphatic rings. The summed E-state index contributed by atoms with van der Waals surface area (Å²) in [6.45, 7) is 0. The van der Waals surface area contributed by atoms with Crippen molar-refractivity contribution in [3.63, 3.8) is 0 Å². The fraction of sp³-hybridized carbons (Fsp3) is 0.467. The lowest BCUT2D eigenvalue weighted by molar-refractivity contribution is 0.235. The Morgan fingerprint density at radius 3 is 2.57 bits per heavy atom. The number of para-hydroxylation sites is 2. The lowest BCUT2D eigenvalue weighted by Gasteiger charge is -2.36. The second-order valence-corrected chi connectivity index (χ2v) is 5.34. The van der Waals surface area contributed by atoms with Crippen LogP contribution < -0.4 is 21.1 Å². The van der Waals surface area contributed by atoms with Crippen LogP contribution >= 0.6 is 0 Å². The lowest BCUT2D eigenvalue weighted by Crippen LogP contribution is -2.59. The summed E-state index contributed by atoms with van der Waals surface area (Å²) in [5, 5.41) is 13.4. The Morgan fingerprint density at radius 1 is 1.29 bits per heavy atom. The first kappa shape index (κ1) is 15.2. The normalized spacial score (nSPS) is 16.8.